The van der Waals surface area contributed by atoms with E-state index in [0.29, 0.717) is 10.6 Å². The SMILES string of the molecule is O=C(COC(=O)c1cc(Br)c(Br)s1)Nc1cccc(F)c1. The average Bonchev–Trinajstić information content (AvgIpc) is 2.76. The minimum Gasteiger partial charge on any atom is -0.451 e. The van der Waals surface area contributed by atoms with Crippen LogP contribution in [0, 0.1) is 5.82 Å². The maximum Gasteiger partial charge on any atom is 0.348 e. The van der Waals surface area contributed by atoms with Gasteiger partial charge in [0.05, 0.1) is 3.79 Å². The van der Waals surface area contributed by atoms with Crippen LogP contribution in [-0.2, 0) is 9.53 Å². The molecule has 0 aliphatic rings. The lowest BCUT2D eigenvalue weighted by Crippen LogP contribution is -2.20. The van der Waals surface area contributed by atoms with Crippen molar-refractivity contribution in [1.29, 1.82) is 0 Å². The second-order valence-corrected chi connectivity index (χ2v) is 7.09. The molecule has 1 aromatic carbocycles. The number of benzene rings is 1. The zero-order valence-electron chi connectivity index (χ0n) is 10.4. The Bertz CT molecular complexity index is 670. The summed E-state index contributed by atoms with van der Waals surface area (Å²) in [5.41, 5.74) is 0.303. The van der Waals surface area contributed by atoms with Crippen molar-refractivity contribution in [2.45, 2.75) is 0 Å². The quantitative estimate of drug-likeness (QED) is 0.730. The van der Waals surface area contributed by atoms with Crippen LogP contribution in [0.5, 0.6) is 0 Å². The van der Waals surface area contributed by atoms with E-state index in [-0.39, 0.29) is 0 Å². The third-order valence-corrected chi connectivity index (χ3v) is 5.53. The van der Waals surface area contributed by atoms with Gasteiger partial charge in [0, 0.05) is 10.2 Å². The van der Waals surface area contributed by atoms with Crippen LogP contribution in [0.2, 0.25) is 0 Å². The minimum atomic E-state index is -0.596. The summed E-state index contributed by atoms with van der Waals surface area (Å²) in [5.74, 6) is -1.59. The van der Waals surface area contributed by atoms with Crippen molar-refractivity contribution in [3.8, 4) is 0 Å². The van der Waals surface area contributed by atoms with Gasteiger partial charge in [0.1, 0.15) is 10.7 Å². The highest BCUT2D eigenvalue weighted by atomic mass is 79.9. The summed E-state index contributed by atoms with van der Waals surface area (Å²) in [5, 5.41) is 2.43. The summed E-state index contributed by atoms with van der Waals surface area (Å²) < 4.78 is 19.3. The lowest BCUT2D eigenvalue weighted by molar-refractivity contribution is -0.119. The molecular formula is C13H8Br2FNO3S. The molecule has 0 saturated heterocycles. The Morgan fingerprint density at radius 3 is 2.67 bits per heavy atom. The second kappa shape index (κ2) is 7.15. The van der Waals surface area contributed by atoms with E-state index in [1.54, 1.807) is 6.07 Å². The minimum absolute atomic E-state index is 0.303. The Kier molecular flexibility index (Phi) is 5.49. The molecule has 1 N–H and O–H groups in total. The lowest BCUT2D eigenvalue weighted by Gasteiger charge is -2.05. The molecule has 21 heavy (non-hydrogen) atoms. The summed E-state index contributed by atoms with van der Waals surface area (Å²) in [6.07, 6.45) is 0. The number of thiophene rings is 1. The normalized spacial score (nSPS) is 10.2. The van der Waals surface area contributed by atoms with Gasteiger partial charge in [-0.2, -0.15) is 0 Å². The van der Waals surface area contributed by atoms with Crippen molar-refractivity contribution in [1.82, 2.24) is 0 Å². The number of anilines is 1. The first kappa shape index (κ1) is 16.1. The summed E-state index contributed by atoms with van der Waals surface area (Å²) in [6, 6.07) is 7.05. The first-order chi connectivity index (χ1) is 9.95. The standard InChI is InChI=1S/C13H8Br2FNO3S/c14-9-5-10(21-12(9)15)13(19)20-6-11(18)17-8-3-1-2-7(16)4-8/h1-5H,6H2,(H,17,18). The van der Waals surface area contributed by atoms with Gasteiger partial charge in [-0.3, -0.25) is 4.79 Å². The number of amides is 1. The van der Waals surface area contributed by atoms with Crippen LogP contribution in [0.3, 0.4) is 0 Å². The zero-order valence-corrected chi connectivity index (χ0v) is 14.3. The van der Waals surface area contributed by atoms with Crippen molar-refractivity contribution >= 4 is 60.8 Å². The zero-order chi connectivity index (χ0) is 15.4. The van der Waals surface area contributed by atoms with Crippen molar-refractivity contribution in [3.05, 3.63) is 49.3 Å². The lowest BCUT2D eigenvalue weighted by atomic mass is 10.3. The van der Waals surface area contributed by atoms with Gasteiger partial charge in [-0.25, -0.2) is 9.18 Å². The smallest absolute Gasteiger partial charge is 0.348 e. The van der Waals surface area contributed by atoms with Crippen molar-refractivity contribution in [3.63, 3.8) is 0 Å². The van der Waals surface area contributed by atoms with E-state index < -0.39 is 24.3 Å². The molecule has 1 amide bonds. The number of nitrogens with one attached hydrogen (secondary N) is 1. The average molecular weight is 437 g/mol. The van der Waals surface area contributed by atoms with Gasteiger partial charge in [0.2, 0.25) is 0 Å². The highest BCUT2D eigenvalue weighted by molar-refractivity contribution is 9.13. The molecule has 4 nitrogen and oxygen atoms in total. The van der Waals surface area contributed by atoms with E-state index >= 15 is 0 Å². The largest absolute Gasteiger partial charge is 0.451 e. The Morgan fingerprint density at radius 2 is 2.05 bits per heavy atom. The van der Waals surface area contributed by atoms with Crippen molar-refractivity contribution in [2.24, 2.45) is 0 Å². The van der Waals surface area contributed by atoms with Gasteiger partial charge in [-0.15, -0.1) is 11.3 Å². The van der Waals surface area contributed by atoms with Gasteiger partial charge < -0.3 is 10.1 Å². The molecular weight excluding hydrogens is 429 g/mol. The van der Waals surface area contributed by atoms with Crippen LogP contribution >= 0.6 is 43.2 Å². The fourth-order valence-electron chi connectivity index (χ4n) is 1.41. The van der Waals surface area contributed by atoms with Crippen LogP contribution in [0.25, 0.3) is 0 Å². The fourth-order valence-corrected chi connectivity index (χ4v) is 3.34. The molecule has 110 valence electrons. The van der Waals surface area contributed by atoms with E-state index in [1.165, 1.54) is 35.6 Å². The molecule has 0 saturated carbocycles. The summed E-state index contributed by atoms with van der Waals surface area (Å²) in [4.78, 5) is 23.7. The molecule has 2 aromatic rings. The van der Waals surface area contributed by atoms with Crippen LogP contribution in [-0.4, -0.2) is 18.5 Å². The van der Waals surface area contributed by atoms with Crippen LogP contribution in [0.1, 0.15) is 9.67 Å². The van der Waals surface area contributed by atoms with Gasteiger partial charge >= 0.3 is 5.97 Å². The van der Waals surface area contributed by atoms with E-state index in [9.17, 15) is 14.0 Å². The molecule has 0 fully saturated rings. The Morgan fingerprint density at radius 1 is 1.29 bits per heavy atom. The third-order valence-electron chi connectivity index (χ3n) is 2.29. The first-order valence-electron chi connectivity index (χ1n) is 5.63. The molecule has 1 aromatic heterocycles. The van der Waals surface area contributed by atoms with Crippen LogP contribution in [0.4, 0.5) is 10.1 Å². The molecule has 0 aliphatic heterocycles. The van der Waals surface area contributed by atoms with Crippen LogP contribution in [0.15, 0.2) is 38.6 Å². The van der Waals surface area contributed by atoms with Crippen molar-refractivity contribution in [2.75, 3.05) is 11.9 Å². The van der Waals surface area contributed by atoms with Gasteiger partial charge in [0.15, 0.2) is 6.61 Å². The Labute approximate surface area is 140 Å². The molecule has 0 atom stereocenters. The molecule has 0 aliphatic carbocycles. The number of hydrogen-bond acceptors (Lipinski definition) is 4. The van der Waals surface area contributed by atoms with Crippen LogP contribution < -0.4 is 5.32 Å². The van der Waals surface area contributed by atoms with E-state index in [4.69, 9.17) is 4.74 Å². The molecule has 1 heterocycles. The molecule has 0 radical (unpaired) electrons. The summed E-state index contributed by atoms with van der Waals surface area (Å²) in [7, 11) is 0. The predicted molar refractivity (Wildman–Crippen MR) is 85.0 cm³/mol. The maximum absolute atomic E-state index is 12.9. The highest BCUT2D eigenvalue weighted by Gasteiger charge is 2.15. The van der Waals surface area contributed by atoms with Gasteiger partial charge in [-0.1, -0.05) is 6.07 Å². The first-order valence-corrected chi connectivity index (χ1v) is 8.03. The number of halogens is 3. The number of hydrogen-bond donors (Lipinski definition) is 1. The second-order valence-electron chi connectivity index (χ2n) is 3.87. The third kappa shape index (κ3) is 4.62. The Hall–Kier alpha value is -1.25. The topological polar surface area (TPSA) is 55.4 Å². The number of esters is 1. The summed E-state index contributed by atoms with van der Waals surface area (Å²) >= 11 is 7.71. The molecule has 0 bridgehead atoms. The van der Waals surface area contributed by atoms with Crippen molar-refractivity contribution < 1.29 is 18.7 Å². The maximum atomic E-state index is 12.9. The number of ether oxygens (including phenoxy) is 1. The van der Waals surface area contributed by atoms with Gasteiger partial charge in [0.25, 0.3) is 5.91 Å². The van der Waals surface area contributed by atoms with E-state index in [0.717, 1.165) is 8.26 Å². The number of rotatable bonds is 4. The Balaban J connectivity index is 1.88. The highest BCUT2D eigenvalue weighted by Crippen LogP contribution is 2.32. The number of carbonyl (C=O) groups excluding carboxylic acids is 2. The fraction of sp³-hybridized carbons (Fsp3) is 0.0769. The van der Waals surface area contributed by atoms with Gasteiger partial charge in [-0.05, 0) is 56.1 Å². The predicted octanol–water partition coefficient (Wildman–Crippen LogP) is 4.21. The van der Waals surface area contributed by atoms with E-state index in [2.05, 4.69) is 37.2 Å². The monoisotopic (exact) mass is 435 g/mol. The molecule has 2 rings (SSSR count). The molecule has 8 heteroatoms. The molecule has 0 unspecified atom stereocenters. The van der Waals surface area contributed by atoms with E-state index in [1.807, 2.05) is 0 Å². The number of carbonyl (C=O) groups is 2. The summed E-state index contributed by atoms with van der Waals surface area (Å²) in [6.45, 7) is -0.442. The molecule has 0 spiro atoms.